The van der Waals surface area contributed by atoms with Gasteiger partial charge >= 0.3 is 0 Å². The lowest BCUT2D eigenvalue weighted by molar-refractivity contribution is 0.507. The minimum absolute atomic E-state index is 0.775. The van der Waals surface area contributed by atoms with Gasteiger partial charge in [-0.3, -0.25) is 0 Å². The fraction of sp³-hybridized carbons (Fsp3) is 0.167. The Balaban J connectivity index is 2.04. The highest BCUT2D eigenvalue weighted by Gasteiger charge is 2.03. The number of thioether (sulfide) groups is 1. The maximum atomic E-state index is 5.70. The van der Waals surface area contributed by atoms with E-state index in [1.54, 1.807) is 11.8 Å². The van der Waals surface area contributed by atoms with Crippen LogP contribution in [-0.4, -0.2) is 0 Å². The van der Waals surface area contributed by atoms with E-state index in [1.165, 1.54) is 10.5 Å². The van der Waals surface area contributed by atoms with Gasteiger partial charge in [0.25, 0.3) is 0 Å². The van der Waals surface area contributed by atoms with E-state index >= 15 is 0 Å². The molecule has 1 aromatic carbocycles. The third-order valence-electron chi connectivity index (χ3n) is 2.20. The standard InChI is InChI=1S/C12H12BrNOS/c1-8-6-9(14)2-4-11(8)16-7-10-3-5-12(13)15-10/h2-6H,7,14H2,1H3. The van der Waals surface area contributed by atoms with E-state index in [9.17, 15) is 0 Å². The summed E-state index contributed by atoms with van der Waals surface area (Å²) in [5.41, 5.74) is 7.72. The molecule has 2 rings (SSSR count). The second-order valence-electron chi connectivity index (χ2n) is 3.52. The number of halogens is 1. The van der Waals surface area contributed by atoms with Gasteiger partial charge in [0.15, 0.2) is 4.67 Å². The molecule has 0 bridgehead atoms. The molecule has 0 spiro atoms. The van der Waals surface area contributed by atoms with Crippen molar-refractivity contribution in [3.8, 4) is 0 Å². The number of hydrogen-bond donors (Lipinski definition) is 1. The largest absolute Gasteiger partial charge is 0.453 e. The molecule has 0 aliphatic carbocycles. The molecule has 84 valence electrons. The number of aryl methyl sites for hydroxylation is 1. The molecule has 0 atom stereocenters. The zero-order chi connectivity index (χ0) is 11.5. The highest BCUT2D eigenvalue weighted by atomic mass is 79.9. The maximum absolute atomic E-state index is 5.70. The minimum Gasteiger partial charge on any atom is -0.453 e. The topological polar surface area (TPSA) is 39.2 Å². The van der Waals surface area contributed by atoms with Gasteiger partial charge in [0.05, 0.1) is 5.75 Å². The van der Waals surface area contributed by atoms with Crippen molar-refractivity contribution in [3.05, 3.63) is 46.3 Å². The first-order chi connectivity index (χ1) is 7.65. The summed E-state index contributed by atoms with van der Waals surface area (Å²) in [4.78, 5) is 1.24. The molecular formula is C12H12BrNOS. The highest BCUT2D eigenvalue weighted by molar-refractivity contribution is 9.10. The Morgan fingerprint density at radius 2 is 2.12 bits per heavy atom. The summed E-state index contributed by atoms with van der Waals surface area (Å²) in [6, 6.07) is 9.84. The number of rotatable bonds is 3. The SMILES string of the molecule is Cc1cc(N)ccc1SCc1ccc(Br)o1. The second kappa shape index (κ2) is 4.97. The molecule has 0 amide bonds. The van der Waals surface area contributed by atoms with Crippen LogP contribution in [0.1, 0.15) is 11.3 Å². The lowest BCUT2D eigenvalue weighted by atomic mass is 10.2. The number of benzene rings is 1. The van der Waals surface area contributed by atoms with Crippen LogP contribution in [0.3, 0.4) is 0 Å². The molecule has 0 aliphatic rings. The molecule has 0 radical (unpaired) electrons. The van der Waals surface area contributed by atoms with E-state index in [4.69, 9.17) is 10.2 Å². The van der Waals surface area contributed by atoms with Gasteiger partial charge in [-0.2, -0.15) is 0 Å². The Kier molecular flexibility index (Phi) is 3.61. The van der Waals surface area contributed by atoms with E-state index in [0.717, 1.165) is 21.9 Å². The van der Waals surface area contributed by atoms with Gasteiger partial charge in [-0.25, -0.2) is 0 Å². The van der Waals surface area contributed by atoms with E-state index < -0.39 is 0 Å². The van der Waals surface area contributed by atoms with Crippen LogP contribution in [0.5, 0.6) is 0 Å². The summed E-state index contributed by atoms with van der Waals surface area (Å²) in [5.74, 6) is 1.80. The van der Waals surface area contributed by atoms with Crippen molar-refractivity contribution < 1.29 is 4.42 Å². The van der Waals surface area contributed by atoms with Crippen molar-refractivity contribution in [3.63, 3.8) is 0 Å². The lowest BCUT2D eigenvalue weighted by Gasteiger charge is -2.04. The monoisotopic (exact) mass is 297 g/mol. The zero-order valence-electron chi connectivity index (χ0n) is 8.87. The molecule has 2 N–H and O–H groups in total. The number of furan rings is 1. The summed E-state index contributed by atoms with van der Waals surface area (Å²) in [7, 11) is 0. The van der Waals surface area contributed by atoms with E-state index in [0.29, 0.717) is 0 Å². The summed E-state index contributed by atoms with van der Waals surface area (Å²) in [6.45, 7) is 2.07. The van der Waals surface area contributed by atoms with Crippen molar-refractivity contribution in [2.75, 3.05) is 5.73 Å². The Morgan fingerprint density at radius 1 is 1.31 bits per heavy atom. The van der Waals surface area contributed by atoms with Crippen LogP contribution in [-0.2, 0) is 5.75 Å². The van der Waals surface area contributed by atoms with Crippen molar-refractivity contribution in [1.82, 2.24) is 0 Å². The molecule has 2 nitrogen and oxygen atoms in total. The first-order valence-electron chi connectivity index (χ1n) is 4.88. The van der Waals surface area contributed by atoms with Crippen LogP contribution in [0.4, 0.5) is 5.69 Å². The summed E-state index contributed by atoms with van der Waals surface area (Å²) >= 11 is 5.04. The molecule has 0 saturated carbocycles. The van der Waals surface area contributed by atoms with Crippen LogP contribution in [0.2, 0.25) is 0 Å². The zero-order valence-corrected chi connectivity index (χ0v) is 11.3. The van der Waals surface area contributed by atoms with Crippen molar-refractivity contribution in [2.45, 2.75) is 17.6 Å². The lowest BCUT2D eigenvalue weighted by Crippen LogP contribution is -1.87. The number of nitrogen functional groups attached to an aromatic ring is 1. The molecule has 0 saturated heterocycles. The van der Waals surface area contributed by atoms with E-state index in [1.807, 2.05) is 30.3 Å². The van der Waals surface area contributed by atoms with Gasteiger partial charge in [0, 0.05) is 10.6 Å². The molecule has 0 aliphatic heterocycles. The molecule has 1 heterocycles. The molecular weight excluding hydrogens is 286 g/mol. The van der Waals surface area contributed by atoms with Crippen LogP contribution >= 0.6 is 27.7 Å². The van der Waals surface area contributed by atoms with Crippen LogP contribution in [0, 0.1) is 6.92 Å². The van der Waals surface area contributed by atoms with Crippen molar-refractivity contribution in [2.24, 2.45) is 0 Å². The summed E-state index contributed by atoms with van der Waals surface area (Å²) in [5, 5.41) is 0. The fourth-order valence-corrected chi connectivity index (χ4v) is 2.66. The normalized spacial score (nSPS) is 10.6. The van der Waals surface area contributed by atoms with Gasteiger partial charge in [-0.15, -0.1) is 11.8 Å². The Bertz CT molecular complexity index is 496. The van der Waals surface area contributed by atoms with E-state index in [-0.39, 0.29) is 0 Å². The number of nitrogens with two attached hydrogens (primary N) is 1. The summed E-state index contributed by atoms with van der Waals surface area (Å²) < 4.78 is 6.22. The Labute approximate surface area is 107 Å². The third-order valence-corrected chi connectivity index (χ3v) is 3.82. The molecule has 2 aromatic rings. The summed E-state index contributed by atoms with van der Waals surface area (Å²) in [6.07, 6.45) is 0. The number of hydrogen-bond acceptors (Lipinski definition) is 3. The maximum Gasteiger partial charge on any atom is 0.169 e. The first-order valence-corrected chi connectivity index (χ1v) is 6.66. The van der Waals surface area contributed by atoms with Crippen LogP contribution in [0.25, 0.3) is 0 Å². The van der Waals surface area contributed by atoms with Gasteiger partial charge in [-0.1, -0.05) is 0 Å². The second-order valence-corrected chi connectivity index (χ2v) is 5.32. The Hall–Kier alpha value is -0.870. The molecule has 0 fully saturated rings. The molecule has 4 heteroatoms. The van der Waals surface area contributed by atoms with Gasteiger partial charge < -0.3 is 10.2 Å². The van der Waals surface area contributed by atoms with E-state index in [2.05, 4.69) is 22.9 Å². The average molecular weight is 298 g/mol. The minimum atomic E-state index is 0.775. The van der Waals surface area contributed by atoms with Crippen LogP contribution < -0.4 is 5.73 Å². The highest BCUT2D eigenvalue weighted by Crippen LogP contribution is 2.28. The Morgan fingerprint density at radius 3 is 2.75 bits per heavy atom. The average Bonchev–Trinajstić information content (AvgIpc) is 2.63. The quantitative estimate of drug-likeness (QED) is 0.681. The van der Waals surface area contributed by atoms with Gasteiger partial charge in [0.2, 0.25) is 0 Å². The van der Waals surface area contributed by atoms with Gasteiger partial charge in [-0.05, 0) is 58.7 Å². The van der Waals surface area contributed by atoms with Crippen molar-refractivity contribution >= 4 is 33.4 Å². The molecule has 16 heavy (non-hydrogen) atoms. The fourth-order valence-electron chi connectivity index (χ4n) is 1.41. The smallest absolute Gasteiger partial charge is 0.169 e. The van der Waals surface area contributed by atoms with Crippen molar-refractivity contribution in [1.29, 1.82) is 0 Å². The van der Waals surface area contributed by atoms with Crippen LogP contribution in [0.15, 0.2) is 44.3 Å². The first kappa shape index (κ1) is 11.6. The molecule has 1 aromatic heterocycles. The van der Waals surface area contributed by atoms with Gasteiger partial charge in [0.1, 0.15) is 5.76 Å². The predicted octanol–water partition coefficient (Wildman–Crippen LogP) is 4.23. The number of anilines is 1. The predicted molar refractivity (Wildman–Crippen MR) is 71.6 cm³/mol. The third kappa shape index (κ3) is 2.83. The molecule has 0 unspecified atom stereocenters.